The second-order valence-corrected chi connectivity index (χ2v) is 4.60. The van der Waals surface area contributed by atoms with Crippen LogP contribution in [0.1, 0.15) is 20.3 Å². The third-order valence-corrected chi connectivity index (χ3v) is 2.95. The number of hydrogen-bond acceptors (Lipinski definition) is 4. The molecule has 0 aliphatic carbocycles. The van der Waals surface area contributed by atoms with Gasteiger partial charge in [0.15, 0.2) is 0 Å². The van der Waals surface area contributed by atoms with Crippen LogP contribution in [0.3, 0.4) is 0 Å². The second kappa shape index (κ2) is 5.12. The van der Waals surface area contributed by atoms with Crippen LogP contribution in [0.5, 0.6) is 0 Å². The van der Waals surface area contributed by atoms with Gasteiger partial charge in [-0.2, -0.15) is 0 Å². The van der Waals surface area contributed by atoms with Gasteiger partial charge in [0.1, 0.15) is 0 Å². The van der Waals surface area contributed by atoms with E-state index in [0.29, 0.717) is 6.54 Å². The molecule has 18 heavy (non-hydrogen) atoms. The lowest BCUT2D eigenvalue weighted by Crippen LogP contribution is -2.33. The normalized spacial score (nSPS) is 19.4. The molecule has 1 N–H and O–H groups in total. The molecule has 1 atom stereocenters. The van der Waals surface area contributed by atoms with Crippen molar-refractivity contribution in [3.8, 4) is 0 Å². The van der Waals surface area contributed by atoms with E-state index in [-0.39, 0.29) is 36.1 Å². The SMILES string of the molecule is CC(C)N1C[C@H](C(=O)Nc2ncccn2)CC1=O. The van der Waals surface area contributed by atoms with Crippen LogP contribution in [0.25, 0.3) is 0 Å². The molecule has 1 fully saturated rings. The molecule has 6 heteroatoms. The highest BCUT2D eigenvalue weighted by Crippen LogP contribution is 2.21. The Morgan fingerprint density at radius 3 is 2.67 bits per heavy atom. The van der Waals surface area contributed by atoms with E-state index >= 15 is 0 Å². The van der Waals surface area contributed by atoms with E-state index in [1.165, 1.54) is 0 Å². The summed E-state index contributed by atoms with van der Waals surface area (Å²) in [5, 5.41) is 2.62. The van der Waals surface area contributed by atoms with Crippen molar-refractivity contribution in [2.45, 2.75) is 26.3 Å². The van der Waals surface area contributed by atoms with E-state index in [0.717, 1.165) is 0 Å². The molecule has 96 valence electrons. The maximum atomic E-state index is 12.0. The summed E-state index contributed by atoms with van der Waals surface area (Å²) < 4.78 is 0. The summed E-state index contributed by atoms with van der Waals surface area (Å²) in [4.78, 5) is 33.2. The second-order valence-electron chi connectivity index (χ2n) is 4.60. The minimum Gasteiger partial charge on any atom is -0.339 e. The predicted molar refractivity (Wildman–Crippen MR) is 65.6 cm³/mol. The van der Waals surface area contributed by atoms with Crippen LogP contribution in [0.2, 0.25) is 0 Å². The third-order valence-electron chi connectivity index (χ3n) is 2.95. The fraction of sp³-hybridized carbons (Fsp3) is 0.500. The van der Waals surface area contributed by atoms with Gasteiger partial charge in [0.2, 0.25) is 17.8 Å². The number of carbonyl (C=O) groups is 2. The summed E-state index contributed by atoms with van der Waals surface area (Å²) in [7, 11) is 0. The smallest absolute Gasteiger partial charge is 0.232 e. The largest absolute Gasteiger partial charge is 0.339 e. The van der Waals surface area contributed by atoms with E-state index in [2.05, 4.69) is 15.3 Å². The summed E-state index contributed by atoms with van der Waals surface area (Å²) in [5.74, 6) is -0.210. The van der Waals surface area contributed by atoms with Crippen molar-refractivity contribution in [3.05, 3.63) is 18.5 Å². The van der Waals surface area contributed by atoms with Crippen LogP contribution in [-0.2, 0) is 9.59 Å². The van der Waals surface area contributed by atoms with Gasteiger partial charge in [-0.15, -0.1) is 0 Å². The lowest BCUT2D eigenvalue weighted by atomic mass is 10.1. The van der Waals surface area contributed by atoms with Crippen LogP contribution in [0, 0.1) is 5.92 Å². The van der Waals surface area contributed by atoms with Gasteiger partial charge in [-0.1, -0.05) is 0 Å². The number of rotatable bonds is 3. The number of anilines is 1. The summed E-state index contributed by atoms with van der Waals surface area (Å²) in [5.41, 5.74) is 0. The number of likely N-dealkylation sites (tertiary alicyclic amines) is 1. The molecular formula is C12H16N4O2. The average molecular weight is 248 g/mol. The Hall–Kier alpha value is -1.98. The highest BCUT2D eigenvalue weighted by atomic mass is 16.2. The molecule has 6 nitrogen and oxygen atoms in total. The number of nitrogens with zero attached hydrogens (tertiary/aromatic N) is 3. The van der Waals surface area contributed by atoms with E-state index in [1.54, 1.807) is 23.4 Å². The van der Waals surface area contributed by atoms with Crippen molar-refractivity contribution >= 4 is 17.8 Å². The van der Waals surface area contributed by atoms with Crippen molar-refractivity contribution in [2.24, 2.45) is 5.92 Å². The molecule has 1 saturated heterocycles. The van der Waals surface area contributed by atoms with Crippen LogP contribution in [0.4, 0.5) is 5.95 Å². The monoisotopic (exact) mass is 248 g/mol. The van der Waals surface area contributed by atoms with Crippen molar-refractivity contribution < 1.29 is 9.59 Å². The van der Waals surface area contributed by atoms with Gasteiger partial charge in [-0.25, -0.2) is 9.97 Å². The Balaban J connectivity index is 1.97. The van der Waals surface area contributed by atoms with Crippen molar-refractivity contribution in [2.75, 3.05) is 11.9 Å². The van der Waals surface area contributed by atoms with Gasteiger partial charge in [0, 0.05) is 31.4 Å². The molecular weight excluding hydrogens is 232 g/mol. The highest BCUT2D eigenvalue weighted by molar-refractivity contribution is 5.96. The van der Waals surface area contributed by atoms with Crippen molar-refractivity contribution in [3.63, 3.8) is 0 Å². The van der Waals surface area contributed by atoms with Gasteiger partial charge in [-0.05, 0) is 19.9 Å². The van der Waals surface area contributed by atoms with E-state index < -0.39 is 0 Å². The molecule has 2 heterocycles. The topological polar surface area (TPSA) is 75.2 Å². The summed E-state index contributed by atoms with van der Waals surface area (Å²) in [6.07, 6.45) is 3.38. The fourth-order valence-corrected chi connectivity index (χ4v) is 1.98. The molecule has 1 aromatic heterocycles. The fourth-order valence-electron chi connectivity index (χ4n) is 1.98. The molecule has 0 unspecified atom stereocenters. The Kier molecular flexibility index (Phi) is 3.55. The Morgan fingerprint density at radius 2 is 2.11 bits per heavy atom. The summed E-state index contributed by atoms with van der Waals surface area (Å²) in [6.45, 7) is 4.35. The standard InChI is InChI=1S/C12H16N4O2/c1-8(2)16-7-9(6-10(16)17)11(18)15-12-13-4-3-5-14-12/h3-5,8-9H,6-7H2,1-2H3,(H,13,14,15,18)/t9-/m1/s1. The van der Waals surface area contributed by atoms with Crippen LogP contribution < -0.4 is 5.32 Å². The number of amides is 2. The first-order chi connectivity index (χ1) is 8.58. The third kappa shape index (κ3) is 2.64. The Bertz CT molecular complexity index is 447. The molecule has 0 saturated carbocycles. The molecule has 0 spiro atoms. The summed E-state index contributed by atoms with van der Waals surface area (Å²) in [6, 6.07) is 1.80. The van der Waals surface area contributed by atoms with Crippen LogP contribution in [0.15, 0.2) is 18.5 Å². The first-order valence-corrected chi connectivity index (χ1v) is 5.95. The van der Waals surface area contributed by atoms with Crippen molar-refractivity contribution in [1.82, 2.24) is 14.9 Å². The zero-order valence-electron chi connectivity index (χ0n) is 10.5. The lowest BCUT2D eigenvalue weighted by molar-refractivity contribution is -0.129. The Labute approximate surface area is 105 Å². The van der Waals surface area contributed by atoms with Crippen LogP contribution >= 0.6 is 0 Å². The van der Waals surface area contributed by atoms with Gasteiger partial charge >= 0.3 is 0 Å². The molecule has 0 bridgehead atoms. The first kappa shape index (κ1) is 12.5. The molecule has 2 amide bonds. The van der Waals surface area contributed by atoms with E-state index in [1.807, 2.05) is 13.8 Å². The zero-order chi connectivity index (χ0) is 13.1. The zero-order valence-corrected chi connectivity index (χ0v) is 10.5. The van der Waals surface area contributed by atoms with E-state index in [4.69, 9.17) is 0 Å². The van der Waals surface area contributed by atoms with Crippen LogP contribution in [-0.4, -0.2) is 39.3 Å². The molecule has 0 aromatic carbocycles. The van der Waals surface area contributed by atoms with E-state index in [9.17, 15) is 9.59 Å². The highest BCUT2D eigenvalue weighted by Gasteiger charge is 2.35. The van der Waals surface area contributed by atoms with Gasteiger partial charge < -0.3 is 4.90 Å². The molecule has 1 aromatic rings. The minimum absolute atomic E-state index is 0.0270. The van der Waals surface area contributed by atoms with Gasteiger partial charge in [-0.3, -0.25) is 14.9 Å². The van der Waals surface area contributed by atoms with Gasteiger partial charge in [0.05, 0.1) is 5.92 Å². The Morgan fingerprint density at radius 1 is 1.44 bits per heavy atom. The molecule has 0 radical (unpaired) electrons. The maximum absolute atomic E-state index is 12.0. The maximum Gasteiger partial charge on any atom is 0.232 e. The quantitative estimate of drug-likeness (QED) is 0.853. The summed E-state index contributed by atoms with van der Waals surface area (Å²) >= 11 is 0. The van der Waals surface area contributed by atoms with Gasteiger partial charge in [0.25, 0.3) is 0 Å². The molecule has 2 rings (SSSR count). The number of aromatic nitrogens is 2. The predicted octanol–water partition coefficient (Wildman–Crippen LogP) is 0.672. The lowest BCUT2D eigenvalue weighted by Gasteiger charge is -2.20. The molecule has 1 aliphatic heterocycles. The minimum atomic E-state index is -0.316. The first-order valence-electron chi connectivity index (χ1n) is 5.95. The van der Waals surface area contributed by atoms with Crippen molar-refractivity contribution in [1.29, 1.82) is 0 Å². The number of nitrogens with one attached hydrogen (secondary N) is 1. The number of carbonyl (C=O) groups excluding carboxylic acids is 2. The number of hydrogen-bond donors (Lipinski definition) is 1. The molecule has 1 aliphatic rings. The average Bonchev–Trinajstić information content (AvgIpc) is 2.73.